The van der Waals surface area contributed by atoms with Crippen molar-refractivity contribution in [2.75, 3.05) is 68.0 Å². The van der Waals surface area contributed by atoms with E-state index in [0.29, 0.717) is 6.04 Å². The van der Waals surface area contributed by atoms with Crippen LogP contribution in [0.1, 0.15) is 112 Å². The zero-order valence-corrected chi connectivity index (χ0v) is 26.3. The van der Waals surface area contributed by atoms with Crippen LogP contribution in [0.15, 0.2) is 0 Å². The van der Waals surface area contributed by atoms with Crippen molar-refractivity contribution in [3.63, 3.8) is 0 Å². The Bertz CT molecular complexity index is 488. The van der Waals surface area contributed by atoms with E-state index in [1.54, 1.807) is 0 Å². The van der Waals surface area contributed by atoms with E-state index in [2.05, 4.69) is 99.7 Å². The fraction of sp³-hybridized carbons (Fsp3) is 1.00. The molecule has 0 atom stereocenters. The van der Waals surface area contributed by atoms with Crippen molar-refractivity contribution < 1.29 is 0 Å². The van der Waals surface area contributed by atoms with Gasteiger partial charge in [0.05, 0.1) is 0 Å². The molecule has 0 aromatic carbocycles. The van der Waals surface area contributed by atoms with Crippen LogP contribution in [0.25, 0.3) is 0 Å². The smallest absolute Gasteiger partial charge is 0.132 e. The third-order valence-electron chi connectivity index (χ3n) is 8.84. The molecule has 0 aliphatic carbocycles. The Morgan fingerprint density at radius 1 is 0.500 bits per heavy atom. The minimum absolute atomic E-state index is 0.172. The fourth-order valence-corrected chi connectivity index (χ4v) is 5.96. The van der Waals surface area contributed by atoms with Crippen LogP contribution in [0.2, 0.25) is 0 Å². The second-order valence-electron chi connectivity index (χ2n) is 11.8. The predicted octanol–water partition coefficient (Wildman–Crippen LogP) is 5.71. The zero-order chi connectivity index (χ0) is 27.2. The van der Waals surface area contributed by atoms with E-state index >= 15 is 0 Å². The molecule has 1 aliphatic heterocycles. The van der Waals surface area contributed by atoms with Crippen LogP contribution in [0, 0.1) is 0 Å². The molecule has 216 valence electrons. The van der Waals surface area contributed by atoms with Crippen LogP contribution in [-0.2, 0) is 0 Å². The molecule has 0 spiro atoms. The van der Waals surface area contributed by atoms with Gasteiger partial charge in [0, 0.05) is 45.1 Å². The molecular formula is C30H66N6. The quantitative estimate of drug-likeness (QED) is 0.211. The number of hydrogen-bond donors (Lipinski definition) is 1. The van der Waals surface area contributed by atoms with E-state index in [1.807, 2.05) is 0 Å². The molecule has 36 heavy (non-hydrogen) atoms. The van der Waals surface area contributed by atoms with Gasteiger partial charge in [0.2, 0.25) is 0 Å². The van der Waals surface area contributed by atoms with Crippen molar-refractivity contribution in [3.8, 4) is 0 Å². The minimum Gasteiger partial charge on any atom is -0.303 e. The second-order valence-corrected chi connectivity index (χ2v) is 11.8. The number of nitrogens with zero attached hydrogens (tertiary/aromatic N) is 5. The molecule has 1 aliphatic rings. The summed E-state index contributed by atoms with van der Waals surface area (Å²) in [6, 6.07) is 0.527. The lowest BCUT2D eigenvalue weighted by atomic mass is 9.88. The largest absolute Gasteiger partial charge is 0.303 e. The van der Waals surface area contributed by atoms with Crippen LogP contribution < -0.4 is 5.32 Å². The first kappa shape index (κ1) is 33.8. The first-order chi connectivity index (χ1) is 17.2. The van der Waals surface area contributed by atoms with Crippen molar-refractivity contribution in [1.82, 2.24) is 29.8 Å². The van der Waals surface area contributed by atoms with Gasteiger partial charge in [-0.2, -0.15) is 0 Å². The van der Waals surface area contributed by atoms with Gasteiger partial charge in [-0.1, -0.05) is 66.7 Å². The molecule has 1 N–H and O–H groups in total. The van der Waals surface area contributed by atoms with Gasteiger partial charge in [0.15, 0.2) is 0 Å². The lowest BCUT2D eigenvalue weighted by Gasteiger charge is -2.63. The molecule has 0 saturated carbocycles. The fourth-order valence-electron chi connectivity index (χ4n) is 5.96. The first-order valence-corrected chi connectivity index (χ1v) is 15.5. The topological polar surface area (TPSA) is 28.2 Å². The summed E-state index contributed by atoms with van der Waals surface area (Å²) in [6.45, 7) is 17.3. The maximum Gasteiger partial charge on any atom is 0.132 e. The minimum atomic E-state index is -0.172. The maximum absolute atomic E-state index is 4.43. The average molecular weight is 511 g/mol. The van der Waals surface area contributed by atoms with Gasteiger partial charge in [0.25, 0.3) is 0 Å². The van der Waals surface area contributed by atoms with Crippen LogP contribution in [-0.4, -0.2) is 110 Å². The molecule has 1 saturated heterocycles. The van der Waals surface area contributed by atoms with Crippen LogP contribution in [0.3, 0.4) is 0 Å². The Hall–Kier alpha value is -0.240. The maximum atomic E-state index is 4.43. The Kier molecular flexibility index (Phi) is 16.3. The summed E-state index contributed by atoms with van der Waals surface area (Å²) in [6.07, 6.45) is 14.7. The highest BCUT2D eigenvalue weighted by Crippen LogP contribution is 2.39. The van der Waals surface area contributed by atoms with Gasteiger partial charge in [-0.25, -0.2) is 0 Å². The number of piperidine rings is 1. The van der Waals surface area contributed by atoms with Gasteiger partial charge < -0.3 is 4.90 Å². The lowest BCUT2D eigenvalue weighted by molar-refractivity contribution is -0.201. The van der Waals surface area contributed by atoms with Crippen molar-refractivity contribution >= 4 is 0 Å². The average Bonchev–Trinajstić information content (AvgIpc) is 2.89. The van der Waals surface area contributed by atoms with E-state index < -0.39 is 0 Å². The van der Waals surface area contributed by atoms with Gasteiger partial charge in [-0.3, -0.25) is 24.9 Å². The van der Waals surface area contributed by atoms with Gasteiger partial charge in [0.1, 0.15) is 11.6 Å². The third-order valence-corrected chi connectivity index (χ3v) is 8.84. The van der Waals surface area contributed by atoms with Crippen molar-refractivity contribution in [3.05, 3.63) is 0 Å². The molecular weight excluding hydrogens is 444 g/mol. The van der Waals surface area contributed by atoms with E-state index in [-0.39, 0.29) is 11.6 Å². The Morgan fingerprint density at radius 2 is 0.778 bits per heavy atom. The highest BCUT2D eigenvalue weighted by molar-refractivity contribution is 5.05. The van der Waals surface area contributed by atoms with Gasteiger partial charge >= 0.3 is 0 Å². The lowest BCUT2D eigenvalue weighted by Crippen LogP contribution is -2.83. The first-order valence-electron chi connectivity index (χ1n) is 15.5. The summed E-state index contributed by atoms with van der Waals surface area (Å²) in [5, 5.41) is 4.43. The van der Waals surface area contributed by atoms with Crippen LogP contribution in [0.4, 0.5) is 0 Å². The van der Waals surface area contributed by atoms with E-state index in [1.165, 1.54) is 70.8 Å². The summed E-state index contributed by atoms with van der Waals surface area (Å²) in [5.74, 6) is -0.344. The van der Waals surface area contributed by atoms with E-state index in [0.717, 1.165) is 39.0 Å². The molecule has 0 bridgehead atoms. The zero-order valence-electron chi connectivity index (χ0n) is 26.3. The molecule has 6 heteroatoms. The summed E-state index contributed by atoms with van der Waals surface area (Å²) in [5.41, 5.74) is 0. The van der Waals surface area contributed by atoms with Gasteiger partial charge in [-0.05, 0) is 73.9 Å². The summed E-state index contributed by atoms with van der Waals surface area (Å²) in [7, 11) is 11.9. The molecule has 0 aromatic heterocycles. The number of hydrogen-bond acceptors (Lipinski definition) is 6. The standard InChI is InChI=1S/C30H66N6/c1-11-16-21-32(6)28-26-29(33(7)22-17-12-2,34(8)23-18-13-3)31-30(27-28,35(9)24-19-14-4)36(10)25-20-15-5/h28,31H,11-27H2,1-10H3. The molecule has 0 unspecified atom stereocenters. The third kappa shape index (κ3) is 8.91. The summed E-state index contributed by atoms with van der Waals surface area (Å²) in [4.78, 5) is 13.4. The molecule has 1 fully saturated rings. The highest BCUT2D eigenvalue weighted by atomic mass is 15.6. The molecule has 6 nitrogen and oxygen atoms in total. The molecule has 1 rings (SSSR count). The van der Waals surface area contributed by atoms with Gasteiger partial charge in [-0.15, -0.1) is 0 Å². The molecule has 1 heterocycles. The van der Waals surface area contributed by atoms with Crippen molar-refractivity contribution in [2.45, 2.75) is 129 Å². The van der Waals surface area contributed by atoms with Crippen LogP contribution in [0.5, 0.6) is 0 Å². The number of rotatable bonds is 20. The van der Waals surface area contributed by atoms with E-state index in [9.17, 15) is 0 Å². The normalized spacial score (nSPS) is 18.4. The van der Waals surface area contributed by atoms with Crippen molar-refractivity contribution in [2.24, 2.45) is 0 Å². The SMILES string of the molecule is CCCCN(C)C1CC(N(C)CCCC)(N(C)CCCC)NC(N(C)CCCC)(N(C)CCCC)C1. The summed E-state index contributed by atoms with van der Waals surface area (Å²) < 4.78 is 0. The predicted molar refractivity (Wildman–Crippen MR) is 159 cm³/mol. The summed E-state index contributed by atoms with van der Waals surface area (Å²) >= 11 is 0. The Labute approximate surface area is 227 Å². The Morgan fingerprint density at radius 3 is 1.06 bits per heavy atom. The van der Waals surface area contributed by atoms with E-state index in [4.69, 9.17) is 0 Å². The highest BCUT2D eigenvalue weighted by Gasteiger charge is 2.55. The molecule has 0 amide bonds. The van der Waals surface area contributed by atoms with Crippen LogP contribution >= 0.6 is 0 Å². The number of nitrogens with one attached hydrogen (secondary N) is 1. The Balaban J connectivity index is 3.64. The monoisotopic (exact) mass is 511 g/mol. The van der Waals surface area contributed by atoms with Crippen molar-refractivity contribution in [1.29, 1.82) is 0 Å². The second kappa shape index (κ2) is 17.4. The number of unbranched alkanes of at least 4 members (excludes halogenated alkanes) is 5. The molecule has 0 radical (unpaired) electrons. The molecule has 0 aromatic rings.